The lowest BCUT2D eigenvalue weighted by Crippen LogP contribution is -2.15. The van der Waals surface area contributed by atoms with Crippen molar-refractivity contribution in [3.63, 3.8) is 0 Å². The molecule has 2 aromatic rings. The number of hydrogen-bond acceptors (Lipinski definition) is 1. The van der Waals surface area contributed by atoms with Gasteiger partial charge in [-0.15, -0.1) is 0 Å². The molecule has 0 heterocycles. The summed E-state index contributed by atoms with van der Waals surface area (Å²) in [5.74, 6) is 0. The standard InChI is InChI=1S/C22H23N/c1-5-9-16(10-6-2)23-17-13-14-19-18-11-7-8-12-20(18)22(3,4)21(19)15-17/h5-15,23H,1H2,2-4H3/b10-6-,16-9+. The van der Waals surface area contributed by atoms with Crippen LogP contribution in [0.2, 0.25) is 0 Å². The molecule has 3 rings (SSSR count). The van der Waals surface area contributed by atoms with Crippen molar-refractivity contribution in [1.82, 2.24) is 0 Å². The van der Waals surface area contributed by atoms with Crippen molar-refractivity contribution in [3.05, 3.63) is 90.2 Å². The fraction of sp³-hybridized carbons (Fsp3) is 0.182. The maximum absolute atomic E-state index is 3.78. The Hall–Kier alpha value is -2.54. The van der Waals surface area contributed by atoms with Gasteiger partial charge in [0, 0.05) is 16.8 Å². The SMILES string of the molecule is C=C/C=C(\C=C/C)Nc1ccc2c(c1)C(C)(C)c1ccccc1-2. The predicted molar refractivity (Wildman–Crippen MR) is 101 cm³/mol. The molecule has 0 fully saturated rings. The second-order valence-corrected chi connectivity index (χ2v) is 6.41. The number of fused-ring (bicyclic) bond motifs is 3. The highest BCUT2D eigenvalue weighted by atomic mass is 14.9. The van der Waals surface area contributed by atoms with Crippen LogP contribution >= 0.6 is 0 Å². The van der Waals surface area contributed by atoms with E-state index in [0.29, 0.717) is 0 Å². The Morgan fingerprint density at radius 2 is 1.78 bits per heavy atom. The van der Waals surface area contributed by atoms with E-state index in [2.05, 4.69) is 74.3 Å². The van der Waals surface area contributed by atoms with E-state index in [1.165, 1.54) is 22.3 Å². The van der Waals surface area contributed by atoms with E-state index in [0.717, 1.165) is 11.4 Å². The van der Waals surface area contributed by atoms with Gasteiger partial charge in [-0.1, -0.05) is 62.9 Å². The monoisotopic (exact) mass is 301 g/mol. The largest absolute Gasteiger partial charge is 0.356 e. The number of nitrogens with one attached hydrogen (secondary N) is 1. The van der Waals surface area contributed by atoms with Crippen LogP contribution in [0.3, 0.4) is 0 Å². The topological polar surface area (TPSA) is 12.0 Å². The summed E-state index contributed by atoms with van der Waals surface area (Å²) in [7, 11) is 0. The van der Waals surface area contributed by atoms with Gasteiger partial charge in [0.1, 0.15) is 0 Å². The van der Waals surface area contributed by atoms with Gasteiger partial charge in [0.25, 0.3) is 0 Å². The van der Waals surface area contributed by atoms with Gasteiger partial charge in [-0.05, 0) is 53.5 Å². The quantitative estimate of drug-likeness (QED) is 0.678. The molecule has 23 heavy (non-hydrogen) atoms. The molecule has 1 N–H and O–H groups in total. The Morgan fingerprint density at radius 3 is 2.52 bits per heavy atom. The van der Waals surface area contributed by atoms with E-state index in [1.54, 1.807) is 6.08 Å². The Morgan fingerprint density at radius 1 is 1.04 bits per heavy atom. The minimum Gasteiger partial charge on any atom is -0.356 e. The van der Waals surface area contributed by atoms with E-state index in [-0.39, 0.29) is 5.41 Å². The van der Waals surface area contributed by atoms with Gasteiger partial charge in [-0.2, -0.15) is 0 Å². The summed E-state index contributed by atoms with van der Waals surface area (Å²) < 4.78 is 0. The molecule has 1 heteroatoms. The molecular weight excluding hydrogens is 278 g/mol. The van der Waals surface area contributed by atoms with Crippen LogP contribution in [-0.2, 0) is 5.41 Å². The van der Waals surface area contributed by atoms with Crippen molar-refractivity contribution in [2.75, 3.05) is 5.32 Å². The third-order valence-electron chi connectivity index (χ3n) is 4.52. The number of hydrogen-bond donors (Lipinski definition) is 1. The van der Waals surface area contributed by atoms with Gasteiger partial charge in [0.05, 0.1) is 0 Å². The van der Waals surface area contributed by atoms with Crippen molar-refractivity contribution >= 4 is 5.69 Å². The van der Waals surface area contributed by atoms with Crippen LogP contribution in [0, 0.1) is 0 Å². The Bertz CT molecular complexity index is 806. The summed E-state index contributed by atoms with van der Waals surface area (Å²) in [6.45, 7) is 10.4. The molecule has 1 aliphatic rings. The Balaban J connectivity index is 2.03. The third-order valence-corrected chi connectivity index (χ3v) is 4.52. The smallest absolute Gasteiger partial charge is 0.0387 e. The maximum atomic E-state index is 3.78. The summed E-state index contributed by atoms with van der Waals surface area (Å²) in [5.41, 5.74) is 7.66. The van der Waals surface area contributed by atoms with Crippen molar-refractivity contribution in [1.29, 1.82) is 0 Å². The number of allylic oxidation sites excluding steroid dienone is 4. The number of rotatable bonds is 4. The second-order valence-electron chi connectivity index (χ2n) is 6.41. The summed E-state index contributed by atoms with van der Waals surface area (Å²) >= 11 is 0. The van der Waals surface area contributed by atoms with Crippen LogP contribution in [0.25, 0.3) is 11.1 Å². The normalized spacial score (nSPS) is 15.3. The van der Waals surface area contributed by atoms with E-state index >= 15 is 0 Å². The first kappa shape index (κ1) is 15.4. The summed E-state index contributed by atoms with van der Waals surface area (Å²) in [6, 6.07) is 15.4. The molecule has 0 saturated carbocycles. The van der Waals surface area contributed by atoms with Crippen molar-refractivity contribution in [2.45, 2.75) is 26.2 Å². The summed E-state index contributed by atoms with van der Waals surface area (Å²) in [4.78, 5) is 0. The zero-order chi connectivity index (χ0) is 16.4. The van der Waals surface area contributed by atoms with E-state index in [1.807, 2.05) is 19.1 Å². The fourth-order valence-corrected chi connectivity index (χ4v) is 3.39. The molecule has 0 saturated heterocycles. The maximum Gasteiger partial charge on any atom is 0.0387 e. The minimum atomic E-state index is 0.0343. The molecular formula is C22H23N. The van der Waals surface area contributed by atoms with Gasteiger partial charge in [0.2, 0.25) is 0 Å². The highest BCUT2D eigenvalue weighted by Crippen LogP contribution is 2.49. The molecule has 0 radical (unpaired) electrons. The van der Waals surface area contributed by atoms with Gasteiger partial charge < -0.3 is 5.32 Å². The van der Waals surface area contributed by atoms with Crippen LogP contribution in [-0.4, -0.2) is 0 Å². The number of anilines is 1. The third kappa shape index (κ3) is 2.63. The molecule has 0 spiro atoms. The molecule has 0 amide bonds. The van der Waals surface area contributed by atoms with E-state index in [4.69, 9.17) is 0 Å². The highest BCUT2D eigenvalue weighted by Gasteiger charge is 2.35. The van der Waals surface area contributed by atoms with Gasteiger partial charge in [0.15, 0.2) is 0 Å². The molecule has 0 atom stereocenters. The zero-order valence-corrected chi connectivity index (χ0v) is 14.1. The van der Waals surface area contributed by atoms with Crippen LogP contribution in [0.5, 0.6) is 0 Å². The lowest BCUT2D eigenvalue weighted by molar-refractivity contribution is 0.660. The molecule has 0 unspecified atom stereocenters. The van der Waals surface area contributed by atoms with Gasteiger partial charge >= 0.3 is 0 Å². The van der Waals surface area contributed by atoms with E-state index < -0.39 is 0 Å². The first-order chi connectivity index (χ1) is 11.1. The average molecular weight is 301 g/mol. The minimum absolute atomic E-state index is 0.0343. The summed E-state index contributed by atoms with van der Waals surface area (Å²) in [5, 5.41) is 3.48. The first-order valence-electron chi connectivity index (χ1n) is 8.04. The molecule has 0 aliphatic heterocycles. The van der Waals surface area contributed by atoms with Crippen molar-refractivity contribution < 1.29 is 0 Å². The fourth-order valence-electron chi connectivity index (χ4n) is 3.39. The molecule has 0 aromatic heterocycles. The van der Waals surface area contributed by atoms with Crippen molar-refractivity contribution in [3.8, 4) is 11.1 Å². The van der Waals surface area contributed by atoms with E-state index in [9.17, 15) is 0 Å². The molecule has 1 aliphatic carbocycles. The zero-order valence-electron chi connectivity index (χ0n) is 14.1. The predicted octanol–water partition coefficient (Wildman–Crippen LogP) is 6.05. The van der Waals surface area contributed by atoms with Gasteiger partial charge in [-0.3, -0.25) is 0 Å². The van der Waals surface area contributed by atoms with Crippen LogP contribution in [0.4, 0.5) is 5.69 Å². The summed E-state index contributed by atoms with van der Waals surface area (Å²) in [6.07, 6.45) is 7.85. The first-order valence-corrected chi connectivity index (χ1v) is 8.04. The second kappa shape index (κ2) is 5.92. The molecule has 1 nitrogen and oxygen atoms in total. The van der Waals surface area contributed by atoms with Crippen LogP contribution < -0.4 is 5.32 Å². The molecule has 2 aromatic carbocycles. The molecule has 116 valence electrons. The average Bonchev–Trinajstić information content (AvgIpc) is 2.77. The lowest BCUT2D eigenvalue weighted by Gasteiger charge is -2.22. The van der Waals surface area contributed by atoms with Crippen LogP contribution in [0.15, 0.2) is 79.0 Å². The molecule has 0 bridgehead atoms. The highest BCUT2D eigenvalue weighted by molar-refractivity contribution is 5.82. The van der Waals surface area contributed by atoms with Crippen molar-refractivity contribution in [2.24, 2.45) is 0 Å². The van der Waals surface area contributed by atoms with Gasteiger partial charge in [-0.25, -0.2) is 0 Å². The Kier molecular flexibility index (Phi) is 3.96. The lowest BCUT2D eigenvalue weighted by atomic mass is 9.82. The Labute approximate surface area is 139 Å². The van der Waals surface area contributed by atoms with Crippen LogP contribution in [0.1, 0.15) is 31.9 Å². The number of benzene rings is 2.